The van der Waals surface area contributed by atoms with Crippen LogP contribution in [0.5, 0.6) is 0 Å². The van der Waals surface area contributed by atoms with Crippen LogP contribution in [0.4, 0.5) is 5.69 Å². The molecule has 1 atom stereocenters. The number of anilines is 1. The molecule has 20 heavy (non-hydrogen) atoms. The molecule has 4 nitrogen and oxygen atoms in total. The van der Waals surface area contributed by atoms with Crippen molar-refractivity contribution in [3.63, 3.8) is 0 Å². The number of ketones is 1. The number of nitrogens with zero attached hydrogens (tertiary/aromatic N) is 1. The van der Waals surface area contributed by atoms with E-state index in [0.29, 0.717) is 4.90 Å². The lowest BCUT2D eigenvalue weighted by Gasteiger charge is -2.33. The summed E-state index contributed by atoms with van der Waals surface area (Å²) in [5, 5.41) is 0. The van der Waals surface area contributed by atoms with Crippen LogP contribution < -0.4 is 4.90 Å². The van der Waals surface area contributed by atoms with E-state index in [1.807, 2.05) is 12.1 Å². The average Bonchev–Trinajstić information content (AvgIpc) is 2.47. The van der Waals surface area contributed by atoms with Crippen molar-refractivity contribution in [3.8, 4) is 0 Å². The molecule has 0 saturated carbocycles. The Labute approximate surface area is 120 Å². The van der Waals surface area contributed by atoms with Crippen molar-refractivity contribution >= 4 is 21.3 Å². The van der Waals surface area contributed by atoms with Gasteiger partial charge in [0.15, 0.2) is 9.84 Å². The Morgan fingerprint density at radius 1 is 1.30 bits per heavy atom. The largest absolute Gasteiger partial charge is 0.371 e. The zero-order chi connectivity index (χ0) is 14.8. The van der Waals surface area contributed by atoms with E-state index in [0.717, 1.165) is 31.6 Å². The lowest BCUT2D eigenvalue weighted by atomic mass is 9.94. The third kappa shape index (κ3) is 3.20. The molecule has 2 rings (SSSR count). The minimum absolute atomic E-state index is 0.0998. The van der Waals surface area contributed by atoms with Gasteiger partial charge in [-0.3, -0.25) is 4.79 Å². The smallest absolute Gasteiger partial charge is 0.178 e. The molecule has 0 N–H and O–H groups in total. The second-order valence-electron chi connectivity index (χ2n) is 5.29. The summed E-state index contributed by atoms with van der Waals surface area (Å²) >= 11 is 0. The number of Topliss-reactive ketones (excluding diaryl/α,β-unsaturated/α-hetero) is 1. The Balaban J connectivity index is 2.16. The van der Waals surface area contributed by atoms with E-state index in [4.69, 9.17) is 0 Å². The summed E-state index contributed by atoms with van der Waals surface area (Å²) in [6, 6.07) is 6.99. The van der Waals surface area contributed by atoms with Gasteiger partial charge in [0.05, 0.1) is 10.6 Å². The monoisotopic (exact) mass is 295 g/mol. The first kappa shape index (κ1) is 15.0. The summed E-state index contributed by atoms with van der Waals surface area (Å²) in [5.41, 5.74) is 0.992. The molecule has 1 aromatic carbocycles. The van der Waals surface area contributed by atoms with Crippen molar-refractivity contribution in [2.75, 3.05) is 23.7 Å². The summed E-state index contributed by atoms with van der Waals surface area (Å²) in [6.45, 7) is 4.94. The molecule has 1 unspecified atom stereocenters. The Hall–Kier alpha value is -1.36. The highest BCUT2D eigenvalue weighted by Gasteiger charge is 2.23. The minimum Gasteiger partial charge on any atom is -0.371 e. The second kappa shape index (κ2) is 5.95. The molecule has 0 spiro atoms. The molecule has 0 bridgehead atoms. The highest BCUT2D eigenvalue weighted by molar-refractivity contribution is 7.91. The van der Waals surface area contributed by atoms with E-state index in [9.17, 15) is 13.2 Å². The van der Waals surface area contributed by atoms with E-state index in [1.54, 1.807) is 26.0 Å². The molecule has 0 amide bonds. The number of sulfone groups is 1. The highest BCUT2D eigenvalue weighted by Crippen LogP contribution is 2.25. The first-order valence-corrected chi connectivity index (χ1v) is 8.67. The summed E-state index contributed by atoms with van der Waals surface area (Å²) in [6.07, 6.45) is 1.95. The van der Waals surface area contributed by atoms with Gasteiger partial charge in [-0.15, -0.1) is 0 Å². The van der Waals surface area contributed by atoms with Crippen molar-refractivity contribution in [2.24, 2.45) is 5.92 Å². The van der Waals surface area contributed by atoms with Gasteiger partial charge in [-0.1, -0.05) is 6.92 Å². The van der Waals surface area contributed by atoms with Gasteiger partial charge < -0.3 is 4.90 Å². The SMILES string of the molecule is CCS(=O)(=O)c1ccc(N2CCCC(C(C)=O)C2)cc1. The molecule has 5 heteroatoms. The number of piperidine rings is 1. The van der Waals surface area contributed by atoms with E-state index in [-0.39, 0.29) is 17.5 Å². The number of carbonyl (C=O) groups excluding carboxylic acids is 1. The average molecular weight is 295 g/mol. The van der Waals surface area contributed by atoms with Crippen LogP contribution in [0.3, 0.4) is 0 Å². The first-order chi connectivity index (χ1) is 9.44. The molecule has 1 heterocycles. The van der Waals surface area contributed by atoms with Crippen LogP contribution in [0.2, 0.25) is 0 Å². The maximum Gasteiger partial charge on any atom is 0.178 e. The summed E-state index contributed by atoms with van der Waals surface area (Å²) in [4.78, 5) is 14.0. The van der Waals surface area contributed by atoms with Gasteiger partial charge in [-0.25, -0.2) is 8.42 Å². The number of carbonyl (C=O) groups is 1. The topological polar surface area (TPSA) is 54.5 Å². The maximum absolute atomic E-state index is 11.8. The second-order valence-corrected chi connectivity index (χ2v) is 7.57. The molecule has 1 saturated heterocycles. The van der Waals surface area contributed by atoms with Crippen LogP contribution in [0.25, 0.3) is 0 Å². The Morgan fingerprint density at radius 2 is 1.95 bits per heavy atom. The van der Waals surface area contributed by atoms with E-state index in [2.05, 4.69) is 4.90 Å². The zero-order valence-electron chi connectivity index (χ0n) is 12.0. The predicted octanol–water partition coefficient (Wildman–Crippen LogP) is 2.29. The van der Waals surface area contributed by atoms with Crippen molar-refractivity contribution < 1.29 is 13.2 Å². The Morgan fingerprint density at radius 3 is 2.50 bits per heavy atom. The molecule has 1 aromatic rings. The fraction of sp³-hybridized carbons (Fsp3) is 0.533. The molecule has 0 radical (unpaired) electrons. The normalized spacial score (nSPS) is 19.9. The van der Waals surface area contributed by atoms with Crippen LogP contribution in [0.15, 0.2) is 29.2 Å². The van der Waals surface area contributed by atoms with E-state index >= 15 is 0 Å². The van der Waals surface area contributed by atoms with Gasteiger partial charge in [0.25, 0.3) is 0 Å². The van der Waals surface area contributed by atoms with Gasteiger partial charge in [0.1, 0.15) is 5.78 Å². The van der Waals surface area contributed by atoms with E-state index < -0.39 is 9.84 Å². The van der Waals surface area contributed by atoms with Crippen LogP contribution in [0.1, 0.15) is 26.7 Å². The lowest BCUT2D eigenvalue weighted by molar-refractivity contribution is -0.120. The van der Waals surface area contributed by atoms with Gasteiger partial charge in [0, 0.05) is 24.7 Å². The van der Waals surface area contributed by atoms with Crippen LogP contribution >= 0.6 is 0 Å². The lowest BCUT2D eigenvalue weighted by Crippen LogP contribution is -2.38. The van der Waals surface area contributed by atoms with E-state index in [1.165, 1.54) is 0 Å². The Kier molecular flexibility index (Phi) is 4.48. The molecule has 1 aliphatic heterocycles. The number of rotatable bonds is 4. The highest BCUT2D eigenvalue weighted by atomic mass is 32.2. The van der Waals surface area contributed by atoms with Gasteiger partial charge in [0.2, 0.25) is 0 Å². The van der Waals surface area contributed by atoms with Gasteiger partial charge in [-0.05, 0) is 44.0 Å². The summed E-state index contributed by atoms with van der Waals surface area (Å²) in [7, 11) is -3.14. The molecule has 1 fully saturated rings. The fourth-order valence-electron chi connectivity index (χ4n) is 2.57. The zero-order valence-corrected chi connectivity index (χ0v) is 12.8. The van der Waals surface area contributed by atoms with Gasteiger partial charge >= 0.3 is 0 Å². The van der Waals surface area contributed by atoms with Crippen molar-refractivity contribution in [1.29, 1.82) is 0 Å². The molecule has 110 valence electrons. The molecular weight excluding hydrogens is 274 g/mol. The molecule has 0 aliphatic carbocycles. The fourth-order valence-corrected chi connectivity index (χ4v) is 3.46. The Bertz CT molecular complexity index is 578. The van der Waals surface area contributed by atoms with Crippen LogP contribution in [-0.2, 0) is 14.6 Å². The third-order valence-electron chi connectivity index (χ3n) is 3.94. The predicted molar refractivity (Wildman–Crippen MR) is 79.8 cm³/mol. The van der Waals surface area contributed by atoms with Crippen molar-refractivity contribution in [3.05, 3.63) is 24.3 Å². The number of benzene rings is 1. The van der Waals surface area contributed by atoms with Crippen LogP contribution in [0, 0.1) is 5.92 Å². The number of hydrogen-bond donors (Lipinski definition) is 0. The van der Waals surface area contributed by atoms with Crippen molar-refractivity contribution in [2.45, 2.75) is 31.6 Å². The first-order valence-electron chi connectivity index (χ1n) is 7.02. The quantitative estimate of drug-likeness (QED) is 0.855. The summed E-state index contributed by atoms with van der Waals surface area (Å²) in [5.74, 6) is 0.449. The van der Waals surface area contributed by atoms with Crippen molar-refractivity contribution in [1.82, 2.24) is 0 Å². The summed E-state index contributed by atoms with van der Waals surface area (Å²) < 4.78 is 23.5. The molecule has 0 aromatic heterocycles. The standard InChI is InChI=1S/C15H21NO3S/c1-3-20(18,19)15-8-6-14(7-9-15)16-10-4-5-13(11-16)12(2)17/h6-9,13H,3-5,10-11H2,1-2H3. The number of hydrogen-bond acceptors (Lipinski definition) is 4. The third-order valence-corrected chi connectivity index (χ3v) is 5.69. The molecular formula is C15H21NO3S. The maximum atomic E-state index is 11.8. The molecule has 1 aliphatic rings. The minimum atomic E-state index is -3.14. The van der Waals surface area contributed by atoms with Crippen LogP contribution in [-0.4, -0.2) is 33.0 Å². The van der Waals surface area contributed by atoms with Gasteiger partial charge in [-0.2, -0.15) is 0 Å².